The van der Waals surface area contributed by atoms with E-state index in [2.05, 4.69) is 18.1 Å². The van der Waals surface area contributed by atoms with Gasteiger partial charge in [-0.3, -0.25) is 10.2 Å². The number of hydrazine groups is 1. The number of amidine groups is 1. The van der Waals surface area contributed by atoms with Gasteiger partial charge in [0.1, 0.15) is 0 Å². The van der Waals surface area contributed by atoms with Crippen molar-refractivity contribution in [2.45, 2.75) is 5.60 Å². The fraction of sp³-hybridized carbons (Fsp3) is 0.267. The second-order valence-electron chi connectivity index (χ2n) is 5.22. The minimum absolute atomic E-state index is 0.0339. The van der Waals surface area contributed by atoms with Gasteiger partial charge >= 0.3 is 0 Å². The molecule has 0 spiro atoms. The average Bonchev–Trinajstić information content (AvgIpc) is 2.70. The molecule has 0 radical (unpaired) electrons. The lowest BCUT2D eigenvalue weighted by molar-refractivity contribution is -0.186. The first-order valence-electron chi connectivity index (χ1n) is 6.76. The van der Waals surface area contributed by atoms with E-state index in [0.29, 0.717) is 11.5 Å². The zero-order valence-electron chi connectivity index (χ0n) is 12.0. The summed E-state index contributed by atoms with van der Waals surface area (Å²) in [6.45, 7) is 7.85. The molecule has 114 valence electrons. The lowest BCUT2D eigenvalue weighted by Gasteiger charge is -2.36. The molecule has 1 aromatic rings. The quantitative estimate of drug-likeness (QED) is 0.627. The van der Waals surface area contributed by atoms with Crippen LogP contribution in [0.15, 0.2) is 43.0 Å². The zero-order valence-corrected chi connectivity index (χ0v) is 12.0. The maximum absolute atomic E-state index is 12.1. The smallest absolute Gasteiger partial charge is 0.276 e. The van der Waals surface area contributed by atoms with E-state index in [1.165, 1.54) is 10.0 Å². The number of ether oxygens (including phenoxy) is 1. The van der Waals surface area contributed by atoms with Gasteiger partial charge < -0.3 is 9.84 Å². The predicted octanol–water partition coefficient (Wildman–Crippen LogP) is 0.582. The molecule has 3 heterocycles. The van der Waals surface area contributed by atoms with Crippen molar-refractivity contribution < 1.29 is 14.6 Å². The number of carbonyl (C=O) groups excluding carboxylic acids is 1. The van der Waals surface area contributed by atoms with E-state index < -0.39 is 5.60 Å². The molecule has 0 unspecified atom stereocenters. The van der Waals surface area contributed by atoms with E-state index in [0.717, 1.165) is 0 Å². The molecule has 22 heavy (non-hydrogen) atoms. The Morgan fingerprint density at radius 1 is 1.50 bits per heavy atom. The molecule has 0 aromatic carbocycles. The van der Waals surface area contributed by atoms with E-state index >= 15 is 0 Å². The van der Waals surface area contributed by atoms with E-state index in [1.807, 2.05) is 0 Å². The van der Waals surface area contributed by atoms with Crippen LogP contribution in [0.4, 0.5) is 5.82 Å². The minimum Gasteiger partial charge on any atom is -0.379 e. The summed E-state index contributed by atoms with van der Waals surface area (Å²) >= 11 is 0. The first-order valence-corrected chi connectivity index (χ1v) is 6.76. The van der Waals surface area contributed by atoms with Crippen molar-refractivity contribution in [3.63, 3.8) is 0 Å². The van der Waals surface area contributed by atoms with Crippen molar-refractivity contribution in [2.75, 3.05) is 24.8 Å². The summed E-state index contributed by atoms with van der Waals surface area (Å²) < 4.78 is 5.03. The third-order valence-corrected chi connectivity index (χ3v) is 3.64. The van der Waals surface area contributed by atoms with Gasteiger partial charge in [0.15, 0.2) is 17.3 Å². The van der Waals surface area contributed by atoms with Gasteiger partial charge in [-0.25, -0.2) is 15.0 Å². The molecular weight excluding hydrogens is 284 g/mol. The van der Waals surface area contributed by atoms with E-state index in [9.17, 15) is 9.90 Å². The first-order chi connectivity index (χ1) is 10.5. The number of nitrogens with one attached hydrogen (secondary N) is 1. The predicted molar refractivity (Wildman–Crippen MR) is 80.2 cm³/mol. The van der Waals surface area contributed by atoms with E-state index in [-0.39, 0.29) is 37.1 Å². The first kappa shape index (κ1) is 14.4. The number of amides is 1. The maximum Gasteiger partial charge on any atom is 0.276 e. The molecule has 0 saturated carbocycles. The number of anilines is 1. The Bertz CT molecular complexity index is 681. The van der Waals surface area contributed by atoms with Gasteiger partial charge in [0.25, 0.3) is 5.91 Å². The number of aromatic nitrogens is 1. The van der Waals surface area contributed by atoms with Gasteiger partial charge in [-0.1, -0.05) is 18.7 Å². The average molecular weight is 300 g/mol. The number of aliphatic hydroxyl groups is 1. The molecular formula is C15H16N4O3. The number of hydrogen-bond acceptors (Lipinski definition) is 5. The van der Waals surface area contributed by atoms with Crippen LogP contribution in [0.3, 0.4) is 0 Å². The Labute approximate surface area is 127 Å². The fourth-order valence-electron chi connectivity index (χ4n) is 2.37. The summed E-state index contributed by atoms with van der Waals surface area (Å²) in [7, 11) is 0. The van der Waals surface area contributed by atoms with Crippen LogP contribution in [-0.2, 0) is 15.1 Å². The standard InChI is InChI=1S/C15H16N4O3/c1-3-7-18-14(20)10(2)13(16)19(18)12-6-4-5-11(17-12)15(21)8-22-9-15/h3-6,16,21H,1-2,7-9H2. The summed E-state index contributed by atoms with van der Waals surface area (Å²) in [5, 5.41) is 21.1. The highest BCUT2D eigenvalue weighted by atomic mass is 16.5. The summed E-state index contributed by atoms with van der Waals surface area (Å²) in [5.74, 6) is -0.0205. The van der Waals surface area contributed by atoms with Crippen LogP contribution in [0.1, 0.15) is 5.69 Å². The monoisotopic (exact) mass is 300 g/mol. The Balaban J connectivity index is 2.00. The van der Waals surface area contributed by atoms with Crippen LogP contribution in [0.25, 0.3) is 0 Å². The highest BCUT2D eigenvalue weighted by molar-refractivity contribution is 6.29. The molecule has 1 amide bonds. The van der Waals surface area contributed by atoms with E-state index in [4.69, 9.17) is 10.1 Å². The minimum atomic E-state index is -1.11. The molecule has 1 aromatic heterocycles. The molecule has 2 N–H and O–H groups in total. The fourth-order valence-corrected chi connectivity index (χ4v) is 2.37. The van der Waals surface area contributed by atoms with Crippen molar-refractivity contribution in [3.05, 3.63) is 48.7 Å². The van der Waals surface area contributed by atoms with Crippen LogP contribution in [0.5, 0.6) is 0 Å². The van der Waals surface area contributed by atoms with Gasteiger partial charge in [-0.15, -0.1) is 6.58 Å². The summed E-state index contributed by atoms with van der Waals surface area (Å²) in [5.41, 5.74) is -0.560. The second-order valence-corrected chi connectivity index (χ2v) is 5.22. The molecule has 7 nitrogen and oxygen atoms in total. The Hall–Kier alpha value is -2.51. The highest BCUT2D eigenvalue weighted by Crippen LogP contribution is 2.31. The molecule has 0 bridgehead atoms. The summed E-state index contributed by atoms with van der Waals surface area (Å²) in [4.78, 5) is 16.5. The number of hydrogen-bond donors (Lipinski definition) is 2. The number of pyridine rings is 1. The summed E-state index contributed by atoms with van der Waals surface area (Å²) in [6.07, 6.45) is 1.56. The molecule has 2 saturated heterocycles. The lowest BCUT2D eigenvalue weighted by atomic mass is 9.97. The van der Waals surface area contributed by atoms with Gasteiger partial charge in [-0.05, 0) is 12.1 Å². The number of carbonyl (C=O) groups is 1. The maximum atomic E-state index is 12.1. The van der Waals surface area contributed by atoms with Crippen molar-refractivity contribution >= 4 is 17.6 Å². The normalized spacial score (nSPS) is 20.3. The largest absolute Gasteiger partial charge is 0.379 e. The molecule has 0 aliphatic carbocycles. The Kier molecular flexibility index (Phi) is 3.31. The van der Waals surface area contributed by atoms with Crippen LogP contribution >= 0.6 is 0 Å². The van der Waals surface area contributed by atoms with Gasteiger partial charge in [0.05, 0.1) is 31.0 Å². The van der Waals surface area contributed by atoms with Crippen LogP contribution in [-0.4, -0.2) is 46.6 Å². The van der Waals surface area contributed by atoms with Crippen molar-refractivity contribution in [2.24, 2.45) is 0 Å². The third-order valence-electron chi connectivity index (χ3n) is 3.64. The van der Waals surface area contributed by atoms with Crippen molar-refractivity contribution in [3.8, 4) is 0 Å². The van der Waals surface area contributed by atoms with Crippen molar-refractivity contribution in [1.82, 2.24) is 9.99 Å². The molecule has 2 aliphatic rings. The van der Waals surface area contributed by atoms with Crippen LogP contribution in [0, 0.1) is 5.41 Å². The Morgan fingerprint density at radius 2 is 2.23 bits per heavy atom. The zero-order chi connectivity index (χ0) is 15.9. The lowest BCUT2D eigenvalue weighted by Crippen LogP contribution is -2.47. The highest BCUT2D eigenvalue weighted by Gasteiger charge is 2.41. The number of nitrogens with zero attached hydrogens (tertiary/aromatic N) is 3. The second kappa shape index (κ2) is 5.04. The number of rotatable bonds is 4. The molecule has 7 heteroatoms. The van der Waals surface area contributed by atoms with Crippen LogP contribution < -0.4 is 5.01 Å². The van der Waals surface area contributed by atoms with Crippen molar-refractivity contribution in [1.29, 1.82) is 5.41 Å². The van der Waals surface area contributed by atoms with E-state index in [1.54, 1.807) is 24.3 Å². The van der Waals surface area contributed by atoms with Gasteiger partial charge in [0.2, 0.25) is 0 Å². The molecule has 0 atom stereocenters. The molecule has 2 fully saturated rings. The molecule has 2 aliphatic heterocycles. The third kappa shape index (κ3) is 2.02. The van der Waals surface area contributed by atoms with Gasteiger partial charge in [-0.2, -0.15) is 0 Å². The summed E-state index contributed by atoms with van der Waals surface area (Å²) in [6, 6.07) is 5.09. The van der Waals surface area contributed by atoms with Crippen LogP contribution in [0.2, 0.25) is 0 Å². The Morgan fingerprint density at radius 3 is 2.82 bits per heavy atom. The topological polar surface area (TPSA) is 89.8 Å². The molecule has 3 rings (SSSR count). The van der Waals surface area contributed by atoms with Gasteiger partial charge in [0, 0.05) is 0 Å². The SMILES string of the molecule is C=CCN1C(=O)C(=C)C(=N)N1c1cccc(C2(O)COC2)n1.